The van der Waals surface area contributed by atoms with E-state index in [0.29, 0.717) is 36.8 Å². The molecule has 0 aromatic heterocycles. The first-order valence-electron chi connectivity index (χ1n) is 9.60. The van der Waals surface area contributed by atoms with Crippen LogP contribution in [0.15, 0.2) is 24.3 Å². The number of likely N-dealkylation sites (tertiary alicyclic amines) is 1. The number of amides is 3. The van der Waals surface area contributed by atoms with Crippen LogP contribution in [0.5, 0.6) is 0 Å². The Morgan fingerprint density at radius 3 is 2.19 bits per heavy atom. The van der Waals surface area contributed by atoms with Crippen LogP contribution >= 0.6 is 0 Å². The van der Waals surface area contributed by atoms with Gasteiger partial charge in [0.1, 0.15) is 0 Å². The van der Waals surface area contributed by atoms with Crippen LogP contribution in [0.1, 0.15) is 54.4 Å². The molecular weight excluding hydrogens is 344 g/mol. The van der Waals surface area contributed by atoms with Crippen LogP contribution in [0, 0.1) is 5.92 Å². The smallest absolute Gasteiger partial charge is 0.249 e. The van der Waals surface area contributed by atoms with Crippen LogP contribution in [0.2, 0.25) is 0 Å². The lowest BCUT2D eigenvalue weighted by Crippen LogP contribution is -2.51. The highest BCUT2D eigenvalue weighted by Crippen LogP contribution is 2.43. The second-order valence-corrected chi connectivity index (χ2v) is 7.75. The summed E-state index contributed by atoms with van der Waals surface area (Å²) < 4.78 is 0. The van der Waals surface area contributed by atoms with Crippen LogP contribution in [-0.4, -0.2) is 41.8 Å². The Bertz CT molecular complexity index is 734. The third kappa shape index (κ3) is 3.56. The summed E-state index contributed by atoms with van der Waals surface area (Å²) in [6.07, 6.45) is 4.18. The van der Waals surface area contributed by atoms with E-state index in [-0.39, 0.29) is 11.8 Å². The summed E-state index contributed by atoms with van der Waals surface area (Å²) in [6, 6.07) is 6.31. The highest BCUT2D eigenvalue weighted by atomic mass is 16.2. The predicted molar refractivity (Wildman–Crippen MR) is 102 cm³/mol. The van der Waals surface area contributed by atoms with Gasteiger partial charge in [-0.25, -0.2) is 0 Å². The van der Waals surface area contributed by atoms with Crippen LogP contribution in [0.25, 0.3) is 0 Å². The van der Waals surface area contributed by atoms with Crippen molar-refractivity contribution in [1.29, 1.82) is 0 Å². The molecule has 7 heteroatoms. The third-order valence-corrected chi connectivity index (χ3v) is 6.27. The summed E-state index contributed by atoms with van der Waals surface area (Å²) in [5.41, 5.74) is 17.5. The molecule has 3 rings (SSSR count). The van der Waals surface area contributed by atoms with E-state index in [0.717, 1.165) is 25.9 Å². The fraction of sp³-hybridized carbons (Fsp3) is 0.550. The van der Waals surface area contributed by atoms with Crippen molar-refractivity contribution in [2.75, 3.05) is 13.1 Å². The number of benzene rings is 1. The van der Waals surface area contributed by atoms with Gasteiger partial charge < -0.3 is 22.1 Å². The zero-order chi connectivity index (χ0) is 19.6. The fourth-order valence-corrected chi connectivity index (χ4v) is 4.61. The van der Waals surface area contributed by atoms with E-state index >= 15 is 0 Å². The van der Waals surface area contributed by atoms with Gasteiger partial charge in [0.05, 0.1) is 11.5 Å². The second-order valence-electron chi connectivity index (χ2n) is 7.75. The molecule has 1 heterocycles. The lowest BCUT2D eigenvalue weighted by Gasteiger charge is -2.40. The Labute approximate surface area is 159 Å². The zero-order valence-corrected chi connectivity index (χ0v) is 15.5. The summed E-state index contributed by atoms with van der Waals surface area (Å²) in [5.74, 6) is -1.03. The van der Waals surface area contributed by atoms with Crippen LogP contribution in [0.4, 0.5) is 0 Å². The van der Waals surface area contributed by atoms with Crippen molar-refractivity contribution in [3.8, 4) is 0 Å². The highest BCUT2D eigenvalue weighted by Gasteiger charge is 2.45. The van der Waals surface area contributed by atoms with Crippen molar-refractivity contribution in [1.82, 2.24) is 4.90 Å². The maximum atomic E-state index is 12.6. The topological polar surface area (TPSA) is 133 Å². The molecule has 1 aromatic carbocycles. The average molecular weight is 372 g/mol. The minimum atomic E-state index is -0.946. The second kappa shape index (κ2) is 7.68. The summed E-state index contributed by atoms with van der Waals surface area (Å²) in [6.45, 7) is 1.55. The van der Waals surface area contributed by atoms with Gasteiger partial charge in [-0.05, 0) is 56.1 Å². The quantitative estimate of drug-likeness (QED) is 0.700. The summed E-state index contributed by atoms with van der Waals surface area (Å²) in [5, 5.41) is 0. The van der Waals surface area contributed by atoms with E-state index in [1.165, 1.54) is 0 Å². The Kier molecular flexibility index (Phi) is 5.51. The largest absolute Gasteiger partial charge is 0.369 e. The molecule has 3 amide bonds. The minimum absolute atomic E-state index is 0.00149. The minimum Gasteiger partial charge on any atom is -0.369 e. The SMILES string of the molecule is NC(=O)c1ccccc1C1(C(N)=O)CCC([C@H](N)C(=O)N2CCCC2)CC1. The first kappa shape index (κ1) is 19.4. The molecule has 1 aliphatic carbocycles. The van der Waals surface area contributed by atoms with Crippen molar-refractivity contribution < 1.29 is 14.4 Å². The van der Waals surface area contributed by atoms with Crippen molar-refractivity contribution in [3.63, 3.8) is 0 Å². The molecule has 1 saturated heterocycles. The number of carbonyl (C=O) groups excluding carboxylic acids is 3. The number of nitrogens with two attached hydrogens (primary N) is 3. The van der Waals surface area contributed by atoms with Gasteiger partial charge in [-0.3, -0.25) is 14.4 Å². The van der Waals surface area contributed by atoms with Crippen LogP contribution in [-0.2, 0) is 15.0 Å². The number of primary amides is 2. The molecule has 0 unspecified atom stereocenters. The Hall–Kier alpha value is -2.41. The van der Waals surface area contributed by atoms with E-state index in [1.54, 1.807) is 24.3 Å². The van der Waals surface area contributed by atoms with E-state index in [4.69, 9.17) is 17.2 Å². The van der Waals surface area contributed by atoms with E-state index in [9.17, 15) is 14.4 Å². The maximum Gasteiger partial charge on any atom is 0.249 e. The molecule has 1 atom stereocenters. The lowest BCUT2D eigenvalue weighted by atomic mass is 9.64. The van der Waals surface area contributed by atoms with Crippen molar-refractivity contribution in [3.05, 3.63) is 35.4 Å². The third-order valence-electron chi connectivity index (χ3n) is 6.27. The molecule has 0 bridgehead atoms. The molecule has 0 radical (unpaired) electrons. The molecule has 0 spiro atoms. The molecule has 6 N–H and O–H groups in total. The molecule has 27 heavy (non-hydrogen) atoms. The average Bonchev–Trinajstić information content (AvgIpc) is 3.21. The van der Waals surface area contributed by atoms with Gasteiger partial charge in [-0.2, -0.15) is 0 Å². The number of carbonyl (C=O) groups is 3. The lowest BCUT2D eigenvalue weighted by molar-refractivity contribution is -0.133. The maximum absolute atomic E-state index is 12.6. The van der Waals surface area contributed by atoms with Crippen LogP contribution < -0.4 is 17.2 Å². The molecule has 7 nitrogen and oxygen atoms in total. The first-order chi connectivity index (χ1) is 12.9. The van der Waals surface area contributed by atoms with Crippen molar-refractivity contribution in [2.45, 2.75) is 50.0 Å². The van der Waals surface area contributed by atoms with E-state index in [2.05, 4.69) is 0 Å². The van der Waals surface area contributed by atoms with Gasteiger partial charge in [-0.15, -0.1) is 0 Å². The van der Waals surface area contributed by atoms with Gasteiger partial charge in [0, 0.05) is 18.7 Å². The summed E-state index contributed by atoms with van der Waals surface area (Å²) in [7, 11) is 0. The van der Waals surface area contributed by atoms with Crippen molar-refractivity contribution in [2.24, 2.45) is 23.1 Å². The Morgan fingerprint density at radius 1 is 1.04 bits per heavy atom. The van der Waals surface area contributed by atoms with E-state index in [1.807, 2.05) is 4.90 Å². The first-order valence-corrected chi connectivity index (χ1v) is 9.60. The van der Waals surface area contributed by atoms with E-state index < -0.39 is 23.3 Å². The number of hydrogen-bond acceptors (Lipinski definition) is 4. The standard InChI is InChI=1S/C20H28N4O3/c21-16(18(26)24-11-3-4-12-24)13-7-9-20(10-8-13,19(23)27)15-6-2-1-5-14(15)17(22)25/h1-2,5-6,13,16H,3-4,7-12,21H2,(H2,22,25)(H2,23,27)/t13?,16-,20?/m0/s1. The number of hydrogen-bond donors (Lipinski definition) is 3. The van der Waals surface area contributed by atoms with Gasteiger partial charge in [0.25, 0.3) is 0 Å². The zero-order valence-electron chi connectivity index (χ0n) is 15.5. The molecule has 1 saturated carbocycles. The fourth-order valence-electron chi connectivity index (χ4n) is 4.61. The van der Waals surface area contributed by atoms with Crippen LogP contribution in [0.3, 0.4) is 0 Å². The van der Waals surface area contributed by atoms with Gasteiger partial charge in [-0.1, -0.05) is 18.2 Å². The van der Waals surface area contributed by atoms with Crippen molar-refractivity contribution >= 4 is 17.7 Å². The predicted octanol–water partition coefficient (Wildman–Crippen LogP) is 0.648. The molecule has 2 fully saturated rings. The summed E-state index contributed by atoms with van der Waals surface area (Å²) >= 11 is 0. The summed E-state index contributed by atoms with van der Waals surface area (Å²) in [4.78, 5) is 38.7. The molecule has 146 valence electrons. The normalized spacial score (nSPS) is 26.6. The van der Waals surface area contributed by atoms with Gasteiger partial charge >= 0.3 is 0 Å². The van der Waals surface area contributed by atoms with Gasteiger partial charge in [0.15, 0.2) is 0 Å². The Balaban J connectivity index is 1.79. The number of rotatable bonds is 5. The monoisotopic (exact) mass is 372 g/mol. The molecule has 1 aromatic rings. The highest BCUT2D eigenvalue weighted by molar-refractivity contribution is 5.98. The molecular formula is C20H28N4O3. The number of nitrogens with zero attached hydrogens (tertiary/aromatic N) is 1. The Morgan fingerprint density at radius 2 is 1.63 bits per heavy atom. The molecule has 1 aliphatic heterocycles. The molecule has 2 aliphatic rings. The van der Waals surface area contributed by atoms with Gasteiger partial charge in [0.2, 0.25) is 17.7 Å².